The van der Waals surface area contributed by atoms with Crippen molar-refractivity contribution in [2.24, 2.45) is 4.99 Å². The van der Waals surface area contributed by atoms with Gasteiger partial charge in [0.2, 0.25) is 9.23 Å². The van der Waals surface area contributed by atoms with Crippen molar-refractivity contribution in [3.05, 3.63) is 196 Å². The van der Waals surface area contributed by atoms with Crippen molar-refractivity contribution in [2.75, 3.05) is 0 Å². The normalized spacial score (nSPS) is 9.87. The summed E-state index contributed by atoms with van der Waals surface area (Å²) in [5.74, 6) is -10.7. The molecule has 0 amide bonds. The molecule has 0 spiro atoms. The van der Waals surface area contributed by atoms with E-state index in [-0.39, 0.29) is 22.7 Å². The third-order valence-corrected chi connectivity index (χ3v) is 8.39. The summed E-state index contributed by atoms with van der Waals surface area (Å²) in [6, 6.07) is 14.8. The van der Waals surface area contributed by atoms with Crippen molar-refractivity contribution in [1.29, 1.82) is 5.26 Å². The highest BCUT2D eigenvalue weighted by Crippen LogP contribution is 2.25. The highest BCUT2D eigenvalue weighted by Gasteiger charge is 2.22. The number of phenolic OH excluding ortho intramolecular Hbond substituents is 1. The number of esters is 1. The van der Waals surface area contributed by atoms with Crippen LogP contribution in [0.15, 0.2) is 116 Å². The zero-order valence-electron chi connectivity index (χ0n) is 35.1. The molecule has 2 N–H and O–H groups in total. The van der Waals surface area contributed by atoms with E-state index >= 15 is 0 Å². The number of carbonyl (C=O) groups excluding carboxylic acids is 2. The third kappa shape index (κ3) is 20.5. The molecule has 0 aliphatic rings. The van der Waals surface area contributed by atoms with Gasteiger partial charge in [0, 0.05) is 33.5 Å². The first-order valence-corrected chi connectivity index (χ1v) is 22.0. The topological polar surface area (TPSA) is 154 Å². The van der Waals surface area contributed by atoms with Gasteiger partial charge in [-0.3, -0.25) is 9.79 Å². The SMILES string of the molecule is C=CCCc1cc(F)c(C(=O)Cl)c(F)c1.C=CCCc1cc(F)c(C(=O)O)c(F)c1.C=CCCc1cc(F)c(C(=O)Oc2ccc(N=C)c(F)c2)c(F)c1.N#Cc1ccc(O)cc1F.O=S(Cl)Cl. The number of ether oxygens (including phenoxy) is 1. The monoisotopic (exact) mass is 1030 g/mol. The van der Waals surface area contributed by atoms with Crippen LogP contribution in [0.3, 0.4) is 0 Å². The minimum Gasteiger partial charge on any atom is -0.508 e. The molecule has 0 heterocycles. The Kier molecular flexibility index (Phi) is 26.7. The molecule has 21 heteroatoms. The summed E-state index contributed by atoms with van der Waals surface area (Å²) in [7, 11) is 7.36. The van der Waals surface area contributed by atoms with E-state index < -0.39 is 89.6 Å². The fourth-order valence-corrected chi connectivity index (χ4v) is 5.32. The van der Waals surface area contributed by atoms with Gasteiger partial charge in [-0.15, -0.1) is 19.7 Å². The maximum Gasteiger partial charge on any atom is 0.349 e. The number of allylic oxidation sites excluding steroid dienone is 3. The van der Waals surface area contributed by atoms with Crippen LogP contribution in [-0.4, -0.2) is 38.3 Å². The highest BCUT2D eigenvalue weighted by molar-refractivity contribution is 8.26. The first-order valence-electron chi connectivity index (χ1n) is 18.9. The molecule has 0 aliphatic carbocycles. The summed E-state index contributed by atoms with van der Waals surface area (Å²) in [4.78, 5) is 36.5. The molecule has 360 valence electrons. The molecule has 5 rings (SSSR count). The van der Waals surface area contributed by atoms with Crippen molar-refractivity contribution in [1.82, 2.24) is 0 Å². The van der Waals surface area contributed by atoms with E-state index in [4.69, 9.17) is 36.0 Å². The lowest BCUT2D eigenvalue weighted by Gasteiger charge is -2.09. The van der Waals surface area contributed by atoms with Gasteiger partial charge in [-0.05, 0) is 134 Å². The largest absolute Gasteiger partial charge is 0.508 e. The number of aryl methyl sites for hydroxylation is 3. The van der Waals surface area contributed by atoms with E-state index in [1.165, 1.54) is 24.3 Å². The lowest BCUT2D eigenvalue weighted by Crippen LogP contribution is -2.14. The number of rotatable bonds is 14. The van der Waals surface area contributed by atoms with Gasteiger partial charge in [0.25, 0.3) is 5.24 Å². The zero-order valence-corrected chi connectivity index (χ0v) is 38.2. The van der Waals surface area contributed by atoms with Gasteiger partial charge in [0.05, 0.1) is 11.3 Å². The van der Waals surface area contributed by atoms with Gasteiger partial charge in [-0.2, -0.15) is 5.26 Å². The molecular formula is C47H37Cl3F8N2O7S. The quantitative estimate of drug-likeness (QED) is 0.0278. The van der Waals surface area contributed by atoms with Crippen LogP contribution in [0.2, 0.25) is 0 Å². The standard InChI is InChI=1S/C18H14F3NO2.C11H9ClF2O.C11H10F2O2.C7H4FNO.Cl2OS/c1-3-4-5-11-8-14(20)17(15(21)9-11)18(23)24-12-6-7-16(22-2)13(19)10-12;1-2-3-4-7-5-8(13)10(11(12)15)9(14)6-7;1-2-3-4-7-5-8(12)10(11(14)15)9(13)6-7;8-7-3-6(10)2-1-5(7)4-9;1-4(2)3/h3,6-10H,1-2,4-5H2;2,5-6H,1,3-4H2;2,5-6H,1,3-4H2,(H,14,15);1-3,10H;. The number of nitrogens with zero attached hydrogens (tertiary/aromatic N) is 2. The fraction of sp³-hybridized carbons (Fsp3) is 0.128. The van der Waals surface area contributed by atoms with Crippen molar-refractivity contribution >= 4 is 71.8 Å². The van der Waals surface area contributed by atoms with Crippen molar-refractivity contribution in [3.63, 3.8) is 0 Å². The van der Waals surface area contributed by atoms with Gasteiger partial charge >= 0.3 is 11.9 Å². The van der Waals surface area contributed by atoms with E-state index in [0.717, 1.165) is 48.5 Å². The molecule has 5 aromatic carbocycles. The van der Waals surface area contributed by atoms with Crippen molar-refractivity contribution in [3.8, 4) is 17.6 Å². The molecule has 9 nitrogen and oxygen atoms in total. The number of halogens is 11. The second-order valence-electron chi connectivity index (χ2n) is 13.0. The molecule has 0 aromatic heterocycles. The number of aliphatic imine (C=N–C) groups is 1. The Hall–Kier alpha value is -6.65. The van der Waals surface area contributed by atoms with Crippen LogP contribution >= 0.6 is 33.0 Å². The van der Waals surface area contributed by atoms with Crippen LogP contribution in [0.5, 0.6) is 11.5 Å². The lowest BCUT2D eigenvalue weighted by molar-refractivity contribution is 0.0683. The number of aromatic hydroxyl groups is 1. The highest BCUT2D eigenvalue weighted by atomic mass is 36.0. The maximum absolute atomic E-state index is 14.0. The molecule has 0 bridgehead atoms. The molecule has 0 radical (unpaired) electrons. The fourth-order valence-electron chi connectivity index (χ4n) is 5.14. The lowest BCUT2D eigenvalue weighted by atomic mass is 10.1. The number of hydrogen-bond acceptors (Lipinski definition) is 8. The molecule has 0 fully saturated rings. The van der Waals surface area contributed by atoms with E-state index in [1.807, 2.05) is 0 Å². The van der Waals surface area contributed by atoms with Crippen molar-refractivity contribution < 1.29 is 68.7 Å². The van der Waals surface area contributed by atoms with Crippen LogP contribution in [0.1, 0.15) is 72.6 Å². The Morgan fingerprint density at radius 2 is 1.04 bits per heavy atom. The predicted molar refractivity (Wildman–Crippen MR) is 245 cm³/mol. The maximum atomic E-state index is 14.0. The predicted octanol–water partition coefficient (Wildman–Crippen LogP) is 13.5. The van der Waals surface area contributed by atoms with Gasteiger partial charge in [-0.1, -0.05) is 18.2 Å². The first-order chi connectivity index (χ1) is 32.0. The minimum absolute atomic E-state index is 0.0290. The molecule has 0 aliphatic heterocycles. The number of carboxylic acids is 1. The molecule has 0 unspecified atom stereocenters. The molecule has 5 aromatic rings. The summed E-state index contributed by atoms with van der Waals surface area (Å²) in [5, 5.41) is 24.3. The third-order valence-electron chi connectivity index (χ3n) is 8.20. The summed E-state index contributed by atoms with van der Waals surface area (Å²) < 4.78 is 121. The number of hydrogen-bond donors (Lipinski definition) is 2. The zero-order chi connectivity index (χ0) is 51.7. The number of phenols is 1. The molecule has 0 saturated carbocycles. The van der Waals surface area contributed by atoms with Gasteiger partial charge in [-0.25, -0.2) is 48.9 Å². The van der Waals surface area contributed by atoms with Gasteiger partial charge in [0.15, 0.2) is 5.82 Å². The summed E-state index contributed by atoms with van der Waals surface area (Å²) in [6.45, 7) is 13.7. The molecule has 0 saturated heterocycles. The van der Waals surface area contributed by atoms with Crippen LogP contribution < -0.4 is 4.74 Å². The molecular weight excluding hydrogens is 995 g/mol. The second-order valence-corrected chi connectivity index (χ2v) is 15.9. The van der Waals surface area contributed by atoms with Crippen LogP contribution in [0, 0.1) is 57.9 Å². The van der Waals surface area contributed by atoms with Crippen LogP contribution in [-0.2, 0) is 28.5 Å². The van der Waals surface area contributed by atoms with Crippen molar-refractivity contribution in [2.45, 2.75) is 38.5 Å². The first kappa shape index (κ1) is 59.4. The summed E-state index contributed by atoms with van der Waals surface area (Å²) in [5.41, 5.74) is -1.22. The van der Waals surface area contributed by atoms with E-state index in [1.54, 1.807) is 24.3 Å². The number of benzene rings is 5. The molecule has 0 atom stereocenters. The number of carbonyl (C=O) groups is 3. The van der Waals surface area contributed by atoms with Crippen LogP contribution in [0.4, 0.5) is 40.8 Å². The smallest absolute Gasteiger partial charge is 0.349 e. The van der Waals surface area contributed by atoms with E-state index in [9.17, 15) is 49.5 Å². The van der Waals surface area contributed by atoms with Crippen LogP contribution in [0.25, 0.3) is 0 Å². The minimum atomic E-state index is -1.67. The number of carboxylic acid groups (broad SMARTS) is 1. The van der Waals surface area contributed by atoms with Gasteiger partial charge < -0.3 is 14.9 Å². The van der Waals surface area contributed by atoms with E-state index in [0.29, 0.717) is 55.2 Å². The summed E-state index contributed by atoms with van der Waals surface area (Å²) in [6.07, 6.45) is 7.97. The second kappa shape index (κ2) is 30.6. The Labute approximate surface area is 401 Å². The average molecular weight is 1030 g/mol. The summed E-state index contributed by atoms with van der Waals surface area (Å²) >= 11 is 5.04. The Morgan fingerprint density at radius 3 is 1.37 bits per heavy atom. The molecule has 68 heavy (non-hydrogen) atoms. The Bertz CT molecular complexity index is 2550. The average Bonchev–Trinajstić information content (AvgIpc) is 3.24. The van der Waals surface area contributed by atoms with Gasteiger partial charge in [0.1, 0.15) is 75.0 Å². The Morgan fingerprint density at radius 1 is 0.647 bits per heavy atom. The van der Waals surface area contributed by atoms with E-state index in [2.05, 4.69) is 52.8 Å². The Balaban J connectivity index is 0.000000460. The number of aromatic carboxylic acids is 1. The number of nitriles is 1.